The van der Waals surface area contributed by atoms with E-state index in [1.54, 1.807) is 0 Å². The molecule has 1 aliphatic carbocycles. The van der Waals surface area contributed by atoms with Crippen LogP contribution in [0.4, 0.5) is 0 Å². The highest BCUT2D eigenvalue weighted by atomic mass is 28.4. The Balaban J connectivity index is 1.25. The Bertz CT molecular complexity index is 573. The van der Waals surface area contributed by atoms with Gasteiger partial charge < -0.3 is 32.4 Å². The largest absolute Gasteiger partial charge is 0.500 e. The zero-order chi connectivity index (χ0) is 24.5. The Hall–Kier alpha value is -0.103. The first-order valence-electron chi connectivity index (χ1n) is 14.3. The van der Waals surface area contributed by atoms with Crippen molar-refractivity contribution in [2.75, 3.05) is 78.9 Å². The Kier molecular flexibility index (Phi) is 11.3. The summed E-state index contributed by atoms with van der Waals surface area (Å²) in [5.41, 5.74) is 0. The second-order valence-corrected chi connectivity index (χ2v) is 13.6. The lowest BCUT2D eigenvalue weighted by atomic mass is 9.80. The van der Waals surface area contributed by atoms with Crippen molar-refractivity contribution in [3.05, 3.63) is 0 Å². The van der Waals surface area contributed by atoms with Crippen LogP contribution in [0, 0.1) is 11.8 Å². The van der Waals surface area contributed by atoms with E-state index >= 15 is 0 Å². The van der Waals surface area contributed by atoms with E-state index in [9.17, 15) is 0 Å². The summed E-state index contributed by atoms with van der Waals surface area (Å²) in [7, 11) is -2.57. The molecule has 9 heteroatoms. The Labute approximate surface area is 214 Å². The summed E-state index contributed by atoms with van der Waals surface area (Å²) < 4.78 is 34.9. The van der Waals surface area contributed by atoms with Crippen LogP contribution in [0.3, 0.4) is 0 Å². The molecule has 0 aromatic carbocycles. The van der Waals surface area contributed by atoms with Gasteiger partial charge in [0.05, 0.1) is 38.1 Å². The minimum absolute atomic E-state index is 0.426. The van der Waals surface area contributed by atoms with Crippen molar-refractivity contribution in [1.82, 2.24) is 9.80 Å². The predicted octanol–water partition coefficient (Wildman–Crippen LogP) is 3.03. The molecule has 0 amide bonds. The zero-order valence-corrected chi connectivity index (χ0v) is 23.5. The second kappa shape index (κ2) is 14.2. The molecule has 4 rings (SSSR count). The van der Waals surface area contributed by atoms with Crippen molar-refractivity contribution in [3.63, 3.8) is 0 Å². The molecular formula is C26H50N2O6Si. The van der Waals surface area contributed by atoms with Crippen LogP contribution in [0.2, 0.25) is 6.04 Å². The quantitative estimate of drug-likeness (QED) is 0.181. The molecule has 3 aliphatic heterocycles. The molecule has 3 heterocycles. The van der Waals surface area contributed by atoms with Crippen molar-refractivity contribution in [2.45, 2.75) is 77.2 Å². The number of hydrogen-bond donors (Lipinski definition) is 0. The smallest absolute Gasteiger partial charge is 0.374 e. The van der Waals surface area contributed by atoms with Crippen LogP contribution >= 0.6 is 0 Å². The maximum absolute atomic E-state index is 6.08. The molecule has 204 valence electrons. The van der Waals surface area contributed by atoms with E-state index in [0.29, 0.717) is 38.1 Å². The fourth-order valence-corrected chi connectivity index (χ4v) is 8.44. The summed E-state index contributed by atoms with van der Waals surface area (Å²) in [6, 6.07) is 0.888. The first-order chi connectivity index (χ1) is 17.1. The van der Waals surface area contributed by atoms with Gasteiger partial charge in [0.25, 0.3) is 0 Å². The van der Waals surface area contributed by atoms with Gasteiger partial charge in [-0.05, 0) is 64.8 Å². The van der Waals surface area contributed by atoms with Crippen LogP contribution in [-0.2, 0) is 27.5 Å². The Morgan fingerprint density at radius 1 is 0.686 bits per heavy atom. The third-order valence-electron chi connectivity index (χ3n) is 7.57. The van der Waals surface area contributed by atoms with Gasteiger partial charge in [-0.15, -0.1) is 0 Å². The average Bonchev–Trinajstić information content (AvgIpc) is 3.64. The van der Waals surface area contributed by atoms with E-state index in [0.717, 1.165) is 70.3 Å². The van der Waals surface area contributed by atoms with Crippen molar-refractivity contribution in [1.29, 1.82) is 0 Å². The molecule has 4 aliphatic rings. The SMILES string of the molecule is CCO[Si](CCCN(CC1CCCC(CN(CC2CO2)CC2CO2)C1)CC1CO1)(OCC)OCC. The van der Waals surface area contributed by atoms with Gasteiger partial charge in [-0.2, -0.15) is 0 Å². The van der Waals surface area contributed by atoms with E-state index in [2.05, 4.69) is 9.80 Å². The summed E-state index contributed by atoms with van der Waals surface area (Å²) in [5, 5.41) is 0. The maximum Gasteiger partial charge on any atom is 0.500 e. The normalized spacial score (nSPS) is 30.3. The number of epoxide rings is 3. The molecule has 35 heavy (non-hydrogen) atoms. The topological polar surface area (TPSA) is 71.8 Å². The van der Waals surface area contributed by atoms with Crippen LogP contribution in [-0.4, -0.2) is 116 Å². The first kappa shape index (κ1) is 27.9. The van der Waals surface area contributed by atoms with Gasteiger partial charge in [-0.25, -0.2) is 0 Å². The van der Waals surface area contributed by atoms with E-state index in [1.807, 2.05) is 20.8 Å². The minimum Gasteiger partial charge on any atom is -0.374 e. The molecule has 8 nitrogen and oxygen atoms in total. The summed E-state index contributed by atoms with van der Waals surface area (Å²) in [6.45, 7) is 17.5. The molecule has 0 radical (unpaired) electrons. The molecule has 4 fully saturated rings. The van der Waals surface area contributed by atoms with Gasteiger partial charge in [-0.3, -0.25) is 4.90 Å². The molecule has 5 unspecified atom stereocenters. The van der Waals surface area contributed by atoms with E-state index < -0.39 is 8.80 Å². The lowest BCUT2D eigenvalue weighted by Gasteiger charge is -2.36. The molecule has 0 spiro atoms. The first-order valence-corrected chi connectivity index (χ1v) is 16.3. The van der Waals surface area contributed by atoms with Gasteiger partial charge in [0, 0.05) is 58.6 Å². The van der Waals surface area contributed by atoms with E-state index in [1.165, 1.54) is 38.8 Å². The van der Waals surface area contributed by atoms with Crippen molar-refractivity contribution < 1.29 is 27.5 Å². The highest BCUT2D eigenvalue weighted by Crippen LogP contribution is 2.32. The van der Waals surface area contributed by atoms with Crippen LogP contribution < -0.4 is 0 Å². The fourth-order valence-electron chi connectivity index (χ4n) is 5.85. The van der Waals surface area contributed by atoms with E-state index in [-0.39, 0.29) is 0 Å². The Morgan fingerprint density at radius 3 is 1.60 bits per heavy atom. The van der Waals surface area contributed by atoms with Crippen molar-refractivity contribution in [3.8, 4) is 0 Å². The zero-order valence-electron chi connectivity index (χ0n) is 22.5. The predicted molar refractivity (Wildman–Crippen MR) is 138 cm³/mol. The van der Waals surface area contributed by atoms with Crippen LogP contribution in [0.25, 0.3) is 0 Å². The van der Waals surface area contributed by atoms with Crippen LogP contribution in [0.15, 0.2) is 0 Å². The average molecular weight is 515 g/mol. The number of rotatable bonds is 20. The summed E-state index contributed by atoms with van der Waals surface area (Å²) in [5.74, 6) is 1.57. The number of hydrogen-bond acceptors (Lipinski definition) is 8. The standard InChI is InChI=1S/C26H50N2O6Si/c1-4-32-35(33-5-2,34-6-3)12-8-11-27(16-24-19-29-24)14-22-9-7-10-23(13-22)15-28(17-25-20-30-25)18-26-21-31-26/h22-26H,4-21H2,1-3H3. The third kappa shape index (κ3) is 10.3. The van der Waals surface area contributed by atoms with Gasteiger partial charge in [0.1, 0.15) is 0 Å². The molecule has 0 aromatic heterocycles. The summed E-state index contributed by atoms with van der Waals surface area (Å²) in [6.07, 6.45) is 7.80. The number of ether oxygens (including phenoxy) is 3. The van der Waals surface area contributed by atoms with Crippen molar-refractivity contribution in [2.24, 2.45) is 11.8 Å². The van der Waals surface area contributed by atoms with Gasteiger partial charge in [-0.1, -0.05) is 6.42 Å². The van der Waals surface area contributed by atoms with Gasteiger partial charge in [0.15, 0.2) is 0 Å². The molecule has 0 aromatic rings. The van der Waals surface area contributed by atoms with Gasteiger partial charge >= 0.3 is 8.80 Å². The third-order valence-corrected chi connectivity index (χ3v) is 10.7. The lowest BCUT2D eigenvalue weighted by Crippen LogP contribution is -2.46. The molecule has 1 saturated carbocycles. The highest BCUT2D eigenvalue weighted by Gasteiger charge is 2.40. The van der Waals surface area contributed by atoms with E-state index in [4.69, 9.17) is 27.5 Å². The number of nitrogens with zero attached hydrogens (tertiary/aromatic N) is 2. The summed E-state index contributed by atoms with van der Waals surface area (Å²) >= 11 is 0. The minimum atomic E-state index is -2.57. The summed E-state index contributed by atoms with van der Waals surface area (Å²) in [4.78, 5) is 5.28. The van der Waals surface area contributed by atoms with Crippen molar-refractivity contribution >= 4 is 8.80 Å². The molecule has 5 atom stereocenters. The molecule has 0 N–H and O–H groups in total. The molecule has 3 saturated heterocycles. The lowest BCUT2D eigenvalue weighted by molar-refractivity contribution is 0.0692. The van der Waals surface area contributed by atoms with Crippen LogP contribution in [0.5, 0.6) is 0 Å². The highest BCUT2D eigenvalue weighted by molar-refractivity contribution is 6.60. The second-order valence-electron chi connectivity index (χ2n) is 10.8. The molecule has 0 bridgehead atoms. The Morgan fingerprint density at radius 2 is 1.14 bits per heavy atom. The maximum atomic E-state index is 6.08. The fraction of sp³-hybridized carbons (Fsp3) is 1.00. The van der Waals surface area contributed by atoms with Gasteiger partial charge in [0.2, 0.25) is 0 Å². The molecular weight excluding hydrogens is 464 g/mol. The monoisotopic (exact) mass is 514 g/mol. The van der Waals surface area contributed by atoms with Crippen LogP contribution in [0.1, 0.15) is 52.9 Å².